The van der Waals surface area contributed by atoms with Gasteiger partial charge in [0.1, 0.15) is 17.3 Å². The summed E-state index contributed by atoms with van der Waals surface area (Å²) in [5.74, 6) is 3.08. The molecule has 4 aromatic heterocycles. The van der Waals surface area contributed by atoms with Crippen LogP contribution in [0.3, 0.4) is 0 Å². The number of nitrogens with one attached hydrogen (secondary N) is 1. The van der Waals surface area contributed by atoms with Gasteiger partial charge in [-0.3, -0.25) is 14.5 Å². The lowest BCUT2D eigenvalue weighted by atomic mass is 9.92. The molecule has 0 bridgehead atoms. The Morgan fingerprint density at radius 3 is 2.78 bits per heavy atom. The zero-order chi connectivity index (χ0) is 26.2. The van der Waals surface area contributed by atoms with Crippen molar-refractivity contribution in [2.24, 2.45) is 13.0 Å². The predicted molar refractivity (Wildman–Crippen MR) is 140 cm³/mol. The maximum Gasteiger partial charge on any atom is 0.210 e. The Hall–Kier alpha value is -3.79. The van der Waals surface area contributed by atoms with Crippen LogP contribution in [0.15, 0.2) is 36.7 Å². The normalized spacial score (nSPS) is 15.9. The molecule has 1 atom stereocenters. The van der Waals surface area contributed by atoms with Gasteiger partial charge in [0, 0.05) is 68.0 Å². The fraction of sp³-hybridized carbons (Fsp3) is 0.444. The number of hydrogen-bond donors (Lipinski definition) is 1. The molecule has 5 heterocycles. The molecular formula is C27H33N7O3. The van der Waals surface area contributed by atoms with Crippen LogP contribution >= 0.6 is 0 Å². The Morgan fingerprint density at radius 2 is 2.05 bits per heavy atom. The van der Waals surface area contributed by atoms with Crippen molar-refractivity contribution in [1.29, 1.82) is 0 Å². The van der Waals surface area contributed by atoms with Gasteiger partial charge < -0.3 is 19.4 Å². The highest BCUT2D eigenvalue weighted by atomic mass is 16.5. The molecule has 0 aliphatic carbocycles. The molecule has 1 fully saturated rings. The maximum absolute atomic E-state index is 11.4. The second-order valence-electron chi connectivity index (χ2n) is 10.7. The van der Waals surface area contributed by atoms with Crippen LogP contribution in [0.5, 0.6) is 11.5 Å². The van der Waals surface area contributed by atoms with E-state index in [-0.39, 0.29) is 17.6 Å². The number of carbonyl (C=O) groups excluding carboxylic acids is 1. The van der Waals surface area contributed by atoms with Gasteiger partial charge in [0.25, 0.3) is 0 Å². The number of nitrogens with zero attached hydrogens (tertiary/aromatic N) is 6. The zero-order valence-corrected chi connectivity index (χ0v) is 22.0. The molecule has 0 spiro atoms. The van der Waals surface area contributed by atoms with Gasteiger partial charge in [0.15, 0.2) is 11.5 Å². The minimum Gasteiger partial charge on any atom is -0.456 e. The lowest BCUT2D eigenvalue weighted by Gasteiger charge is -2.21. The van der Waals surface area contributed by atoms with E-state index in [1.54, 1.807) is 31.5 Å². The second kappa shape index (κ2) is 9.93. The van der Waals surface area contributed by atoms with Gasteiger partial charge in [-0.1, -0.05) is 20.8 Å². The Morgan fingerprint density at radius 1 is 1.22 bits per heavy atom. The van der Waals surface area contributed by atoms with Gasteiger partial charge in [-0.05, 0) is 19.4 Å². The third-order valence-electron chi connectivity index (χ3n) is 6.41. The van der Waals surface area contributed by atoms with E-state index in [1.165, 1.54) is 0 Å². The Balaban J connectivity index is 1.38. The average Bonchev–Trinajstić information content (AvgIpc) is 3.55. The first-order valence-electron chi connectivity index (χ1n) is 12.5. The van der Waals surface area contributed by atoms with Gasteiger partial charge in [-0.15, -0.1) is 0 Å². The molecule has 37 heavy (non-hydrogen) atoms. The smallest absolute Gasteiger partial charge is 0.210 e. The number of pyridine rings is 2. The minimum atomic E-state index is -0.0518. The summed E-state index contributed by atoms with van der Waals surface area (Å²) in [7, 11) is 1.93. The number of ether oxygens (including phenoxy) is 2. The summed E-state index contributed by atoms with van der Waals surface area (Å²) in [6, 6.07) is 7.51. The van der Waals surface area contributed by atoms with Crippen molar-refractivity contribution in [2.45, 2.75) is 52.5 Å². The Kier molecular flexibility index (Phi) is 6.68. The number of hydrogen-bond acceptors (Lipinski definition) is 8. The van der Waals surface area contributed by atoms with Crippen LogP contribution in [0.4, 0.5) is 11.8 Å². The molecule has 4 aromatic rings. The quantitative estimate of drug-likeness (QED) is 0.373. The van der Waals surface area contributed by atoms with Crippen molar-refractivity contribution >= 4 is 28.7 Å². The van der Waals surface area contributed by atoms with E-state index in [1.807, 2.05) is 17.7 Å². The first-order chi connectivity index (χ1) is 17.7. The monoisotopic (exact) mass is 503 g/mol. The summed E-state index contributed by atoms with van der Waals surface area (Å²) >= 11 is 0. The van der Waals surface area contributed by atoms with Crippen LogP contribution in [0, 0.1) is 5.92 Å². The van der Waals surface area contributed by atoms with Crippen LogP contribution in [0.2, 0.25) is 0 Å². The maximum atomic E-state index is 11.4. The molecule has 1 aliphatic heterocycles. The average molecular weight is 504 g/mol. The van der Waals surface area contributed by atoms with Crippen LogP contribution in [0.1, 0.15) is 45.5 Å². The van der Waals surface area contributed by atoms with Crippen molar-refractivity contribution in [2.75, 3.05) is 18.5 Å². The number of ketones is 1. The van der Waals surface area contributed by atoms with E-state index >= 15 is 0 Å². The number of aryl methyl sites for hydroxylation is 1. The summed E-state index contributed by atoms with van der Waals surface area (Å²) in [6.45, 7) is 10.6. The van der Waals surface area contributed by atoms with Crippen molar-refractivity contribution < 1.29 is 14.3 Å². The Labute approximate surface area is 216 Å². The van der Waals surface area contributed by atoms with E-state index in [0.29, 0.717) is 34.7 Å². The largest absolute Gasteiger partial charge is 0.456 e. The number of aromatic nitrogens is 6. The van der Waals surface area contributed by atoms with Crippen molar-refractivity contribution in [3.05, 3.63) is 48.0 Å². The molecule has 0 amide bonds. The molecule has 5 rings (SSSR count). The van der Waals surface area contributed by atoms with Gasteiger partial charge in [-0.25, -0.2) is 4.98 Å². The second-order valence-corrected chi connectivity index (χ2v) is 10.7. The molecule has 0 unspecified atom stereocenters. The van der Waals surface area contributed by atoms with Gasteiger partial charge in [-0.2, -0.15) is 10.1 Å². The standard InChI is InChI=1S/C27H33N7O3/c1-17(35)10-19-11-20(6-8-28-19)37-21-12-22-25(29-14-21)31-26(33(22)5)30-24-13-23(27(2,3)4)34(32-24)15-18-7-9-36-16-18/h6,8,11-14,18H,7,9-10,15-16H2,1-5H3,(H,29,30,31,32)/t18-/m1/s1. The van der Waals surface area contributed by atoms with E-state index < -0.39 is 0 Å². The van der Waals surface area contributed by atoms with Gasteiger partial charge in [0.05, 0.1) is 24.0 Å². The molecule has 0 aromatic carbocycles. The van der Waals surface area contributed by atoms with Crippen molar-refractivity contribution in [1.82, 2.24) is 29.3 Å². The van der Waals surface area contributed by atoms with E-state index in [4.69, 9.17) is 14.6 Å². The highest BCUT2D eigenvalue weighted by molar-refractivity contribution is 5.78. The Bertz CT molecular complexity index is 1430. The fourth-order valence-electron chi connectivity index (χ4n) is 4.53. The summed E-state index contributed by atoms with van der Waals surface area (Å²) in [5.41, 5.74) is 3.19. The van der Waals surface area contributed by atoms with Gasteiger partial charge >= 0.3 is 0 Å². The number of Topliss-reactive ketones (excluding diaryl/α,β-unsaturated/α-hetero) is 1. The number of fused-ring (bicyclic) bond motifs is 1. The van der Waals surface area contributed by atoms with Crippen molar-refractivity contribution in [3.8, 4) is 11.5 Å². The first kappa shape index (κ1) is 24.9. The minimum absolute atomic E-state index is 0.0506. The molecule has 1 aliphatic rings. The molecule has 10 nitrogen and oxygen atoms in total. The molecular weight excluding hydrogens is 470 g/mol. The van der Waals surface area contributed by atoms with E-state index in [0.717, 1.165) is 43.2 Å². The van der Waals surface area contributed by atoms with Crippen molar-refractivity contribution in [3.63, 3.8) is 0 Å². The highest BCUT2D eigenvalue weighted by Crippen LogP contribution is 2.30. The summed E-state index contributed by atoms with van der Waals surface area (Å²) in [5, 5.41) is 8.25. The molecule has 0 radical (unpaired) electrons. The predicted octanol–water partition coefficient (Wildman–Crippen LogP) is 4.56. The molecule has 10 heteroatoms. The summed E-state index contributed by atoms with van der Waals surface area (Å²) < 4.78 is 15.6. The number of rotatable bonds is 8. The van der Waals surface area contributed by atoms with E-state index in [2.05, 4.69) is 51.8 Å². The third-order valence-corrected chi connectivity index (χ3v) is 6.41. The number of carbonyl (C=O) groups is 1. The lowest BCUT2D eigenvalue weighted by molar-refractivity contribution is -0.116. The highest BCUT2D eigenvalue weighted by Gasteiger charge is 2.25. The summed E-state index contributed by atoms with van der Waals surface area (Å²) in [6.07, 6.45) is 4.60. The van der Waals surface area contributed by atoms with Crippen LogP contribution in [-0.4, -0.2) is 48.3 Å². The zero-order valence-electron chi connectivity index (χ0n) is 22.0. The SMILES string of the molecule is CC(=O)Cc1cc(Oc2cnc3nc(Nc4cc(C(C)(C)C)n(C[C@H]5CCOC5)n4)n(C)c3c2)ccn1. The van der Waals surface area contributed by atoms with E-state index in [9.17, 15) is 4.79 Å². The first-order valence-corrected chi connectivity index (χ1v) is 12.5. The fourth-order valence-corrected chi connectivity index (χ4v) is 4.53. The molecule has 1 N–H and O–H groups in total. The number of imidazole rings is 1. The number of anilines is 2. The molecule has 0 saturated carbocycles. The van der Waals surface area contributed by atoms with Crippen LogP contribution < -0.4 is 10.1 Å². The lowest BCUT2D eigenvalue weighted by Crippen LogP contribution is -2.21. The molecule has 194 valence electrons. The third kappa shape index (κ3) is 5.64. The van der Waals surface area contributed by atoms with Gasteiger partial charge in [0.2, 0.25) is 5.95 Å². The topological polar surface area (TPSA) is 109 Å². The van der Waals surface area contributed by atoms with Crippen LogP contribution in [0.25, 0.3) is 11.2 Å². The van der Waals surface area contributed by atoms with Crippen LogP contribution in [-0.2, 0) is 35.0 Å². The molecule has 1 saturated heterocycles. The summed E-state index contributed by atoms with van der Waals surface area (Å²) in [4.78, 5) is 24.8.